The molecule has 5 heteroatoms. The zero-order chi connectivity index (χ0) is 14.7. The van der Waals surface area contributed by atoms with Crippen LogP contribution in [-0.4, -0.2) is 47.1 Å². The normalized spacial score (nSPS) is 34.9. The first kappa shape index (κ1) is 15.3. The van der Waals surface area contributed by atoms with Gasteiger partial charge in [0.1, 0.15) is 0 Å². The Bertz CT molecular complexity index is 372. The van der Waals surface area contributed by atoms with Crippen LogP contribution in [0.15, 0.2) is 0 Å². The van der Waals surface area contributed by atoms with Crippen LogP contribution >= 0.6 is 0 Å². The number of hydrogen-bond donors (Lipinski definition) is 2. The number of hydrogen-bond acceptors (Lipinski definition) is 3. The molecule has 2 fully saturated rings. The molecule has 114 valence electrons. The van der Waals surface area contributed by atoms with Gasteiger partial charge in [0, 0.05) is 12.1 Å². The van der Waals surface area contributed by atoms with Crippen LogP contribution in [0.4, 0.5) is 0 Å². The first-order valence-electron chi connectivity index (χ1n) is 7.75. The Hall–Kier alpha value is -1.10. The lowest BCUT2D eigenvalue weighted by molar-refractivity contribution is -0.142. The number of carbonyl (C=O) groups is 2. The molecule has 0 aromatic heterocycles. The van der Waals surface area contributed by atoms with Crippen LogP contribution in [0.25, 0.3) is 0 Å². The highest BCUT2D eigenvalue weighted by atomic mass is 16.4. The lowest BCUT2D eigenvalue weighted by Crippen LogP contribution is -2.47. The number of amides is 1. The van der Waals surface area contributed by atoms with Gasteiger partial charge in [0.25, 0.3) is 0 Å². The Morgan fingerprint density at radius 3 is 2.50 bits per heavy atom. The first-order chi connectivity index (χ1) is 9.49. The molecule has 0 aromatic rings. The van der Waals surface area contributed by atoms with Crippen molar-refractivity contribution in [3.63, 3.8) is 0 Å². The van der Waals surface area contributed by atoms with Gasteiger partial charge in [-0.3, -0.25) is 14.5 Å². The third-order valence-corrected chi connectivity index (χ3v) is 5.01. The van der Waals surface area contributed by atoms with Crippen molar-refractivity contribution in [3.05, 3.63) is 0 Å². The fourth-order valence-corrected chi connectivity index (χ4v) is 3.52. The van der Waals surface area contributed by atoms with E-state index in [1.54, 1.807) is 0 Å². The number of nitrogens with zero attached hydrogens (tertiary/aromatic N) is 1. The molecule has 5 nitrogen and oxygen atoms in total. The lowest BCUT2D eigenvalue weighted by atomic mass is 9.86. The molecule has 0 aromatic carbocycles. The summed E-state index contributed by atoms with van der Waals surface area (Å²) < 4.78 is 0. The number of rotatable bonds is 4. The van der Waals surface area contributed by atoms with E-state index >= 15 is 0 Å². The van der Waals surface area contributed by atoms with E-state index in [0.717, 1.165) is 6.42 Å². The number of carbonyl (C=O) groups excluding carboxylic acids is 1. The maximum absolute atomic E-state index is 12.1. The van der Waals surface area contributed by atoms with E-state index in [-0.39, 0.29) is 17.9 Å². The van der Waals surface area contributed by atoms with Crippen molar-refractivity contribution in [2.45, 2.75) is 58.0 Å². The van der Waals surface area contributed by atoms with Crippen LogP contribution in [0.2, 0.25) is 0 Å². The van der Waals surface area contributed by atoms with Crippen molar-refractivity contribution in [1.82, 2.24) is 10.2 Å². The topological polar surface area (TPSA) is 69.6 Å². The Kier molecular flexibility index (Phi) is 5.02. The second kappa shape index (κ2) is 6.57. The third kappa shape index (κ3) is 3.51. The predicted octanol–water partition coefficient (Wildman–Crippen LogP) is 1.48. The Morgan fingerprint density at radius 1 is 1.20 bits per heavy atom. The summed E-state index contributed by atoms with van der Waals surface area (Å²) in [6.45, 7) is 5.13. The third-order valence-electron chi connectivity index (χ3n) is 5.01. The van der Waals surface area contributed by atoms with Gasteiger partial charge in [0.2, 0.25) is 5.91 Å². The van der Waals surface area contributed by atoms with E-state index in [9.17, 15) is 9.59 Å². The minimum atomic E-state index is -0.749. The summed E-state index contributed by atoms with van der Waals surface area (Å²) in [6, 6.07) is 0.242. The maximum atomic E-state index is 12.1. The minimum Gasteiger partial charge on any atom is -0.481 e. The van der Waals surface area contributed by atoms with Gasteiger partial charge >= 0.3 is 5.97 Å². The van der Waals surface area contributed by atoms with Crippen molar-refractivity contribution < 1.29 is 14.7 Å². The summed E-state index contributed by atoms with van der Waals surface area (Å²) >= 11 is 0. The molecular formula is C15H26N2O3. The summed E-state index contributed by atoms with van der Waals surface area (Å²) in [5.41, 5.74) is 0. The van der Waals surface area contributed by atoms with Gasteiger partial charge in [0.05, 0.1) is 12.5 Å². The van der Waals surface area contributed by atoms with E-state index in [4.69, 9.17) is 5.11 Å². The number of carboxylic acids is 1. The van der Waals surface area contributed by atoms with Gasteiger partial charge in [-0.1, -0.05) is 19.8 Å². The zero-order valence-electron chi connectivity index (χ0n) is 12.5. The zero-order valence-corrected chi connectivity index (χ0v) is 12.5. The van der Waals surface area contributed by atoms with Gasteiger partial charge in [-0.2, -0.15) is 0 Å². The second-order valence-electron chi connectivity index (χ2n) is 6.38. The van der Waals surface area contributed by atoms with Gasteiger partial charge < -0.3 is 10.4 Å². The highest BCUT2D eigenvalue weighted by molar-refractivity contribution is 5.79. The molecule has 2 aliphatic rings. The molecule has 0 bridgehead atoms. The number of likely N-dealkylation sites (tertiary alicyclic amines) is 1. The predicted molar refractivity (Wildman–Crippen MR) is 76.3 cm³/mol. The Morgan fingerprint density at radius 2 is 1.90 bits per heavy atom. The van der Waals surface area contributed by atoms with E-state index in [1.165, 1.54) is 19.3 Å². The number of aliphatic carboxylic acids is 1. The average molecular weight is 282 g/mol. The van der Waals surface area contributed by atoms with Gasteiger partial charge in [-0.05, 0) is 38.6 Å². The fourth-order valence-electron chi connectivity index (χ4n) is 3.52. The number of nitrogens with one attached hydrogen (secondary N) is 1. The lowest BCUT2D eigenvalue weighted by Gasteiger charge is -2.30. The van der Waals surface area contributed by atoms with Crippen LogP contribution in [0.3, 0.4) is 0 Å². The summed E-state index contributed by atoms with van der Waals surface area (Å²) in [4.78, 5) is 25.2. The second-order valence-corrected chi connectivity index (χ2v) is 6.38. The van der Waals surface area contributed by atoms with Crippen LogP contribution < -0.4 is 5.32 Å². The SMILES string of the molecule is CC1CCCCC1NC(=O)CN1CCC(C(=O)O)C1C. The molecule has 4 atom stereocenters. The monoisotopic (exact) mass is 282 g/mol. The van der Waals surface area contributed by atoms with Gasteiger partial charge in [-0.25, -0.2) is 0 Å². The summed E-state index contributed by atoms with van der Waals surface area (Å²) in [5, 5.41) is 12.2. The molecule has 1 saturated carbocycles. The van der Waals surface area contributed by atoms with Crippen molar-refractivity contribution >= 4 is 11.9 Å². The van der Waals surface area contributed by atoms with Crippen molar-refractivity contribution in [2.75, 3.05) is 13.1 Å². The maximum Gasteiger partial charge on any atom is 0.308 e. The number of carboxylic acid groups (broad SMARTS) is 1. The first-order valence-corrected chi connectivity index (χ1v) is 7.75. The quantitative estimate of drug-likeness (QED) is 0.819. The van der Waals surface area contributed by atoms with Crippen LogP contribution in [0.5, 0.6) is 0 Å². The highest BCUT2D eigenvalue weighted by Crippen LogP contribution is 2.25. The van der Waals surface area contributed by atoms with Crippen molar-refractivity contribution in [3.8, 4) is 0 Å². The van der Waals surface area contributed by atoms with Gasteiger partial charge in [0.15, 0.2) is 0 Å². The van der Waals surface area contributed by atoms with Gasteiger partial charge in [-0.15, -0.1) is 0 Å². The molecule has 1 saturated heterocycles. The molecule has 0 radical (unpaired) electrons. The molecule has 4 unspecified atom stereocenters. The van der Waals surface area contributed by atoms with Crippen LogP contribution in [0.1, 0.15) is 46.0 Å². The minimum absolute atomic E-state index is 0.0432. The molecule has 2 N–H and O–H groups in total. The molecule has 20 heavy (non-hydrogen) atoms. The van der Waals surface area contributed by atoms with E-state index in [2.05, 4.69) is 12.2 Å². The fraction of sp³-hybridized carbons (Fsp3) is 0.867. The molecule has 1 amide bonds. The summed E-state index contributed by atoms with van der Waals surface area (Å²) in [7, 11) is 0. The Labute approximate surface area is 120 Å². The standard InChI is InChI=1S/C15H26N2O3/c1-10-5-3-4-6-13(10)16-14(18)9-17-8-7-12(11(17)2)15(19)20/h10-13H,3-9H2,1-2H3,(H,16,18)(H,19,20). The van der Waals surface area contributed by atoms with E-state index in [0.29, 0.717) is 31.5 Å². The molecule has 0 spiro atoms. The highest BCUT2D eigenvalue weighted by Gasteiger charge is 2.36. The summed E-state index contributed by atoms with van der Waals surface area (Å²) in [6.07, 6.45) is 5.35. The molecule has 2 rings (SSSR count). The molecular weight excluding hydrogens is 256 g/mol. The van der Waals surface area contributed by atoms with Crippen molar-refractivity contribution in [1.29, 1.82) is 0 Å². The summed E-state index contributed by atoms with van der Waals surface area (Å²) in [5.74, 6) is -0.491. The van der Waals surface area contributed by atoms with Crippen LogP contribution in [-0.2, 0) is 9.59 Å². The Balaban J connectivity index is 1.81. The van der Waals surface area contributed by atoms with Crippen molar-refractivity contribution in [2.24, 2.45) is 11.8 Å². The molecule has 1 heterocycles. The largest absolute Gasteiger partial charge is 0.481 e. The van der Waals surface area contributed by atoms with E-state index in [1.807, 2.05) is 11.8 Å². The van der Waals surface area contributed by atoms with E-state index < -0.39 is 5.97 Å². The molecule has 1 aliphatic heterocycles. The van der Waals surface area contributed by atoms with Crippen LogP contribution in [0, 0.1) is 11.8 Å². The average Bonchev–Trinajstić information content (AvgIpc) is 2.74. The molecule has 1 aliphatic carbocycles. The smallest absolute Gasteiger partial charge is 0.308 e.